The van der Waals surface area contributed by atoms with Crippen LogP contribution in [0.2, 0.25) is 5.02 Å². The summed E-state index contributed by atoms with van der Waals surface area (Å²) in [5.41, 5.74) is 8.29. The zero-order valence-electron chi connectivity index (χ0n) is 16.1. The fraction of sp³-hybridized carbons (Fsp3) is 0.300. The van der Waals surface area contributed by atoms with Crippen molar-refractivity contribution >= 4 is 40.9 Å². The number of carbonyl (C=O) groups is 2. The van der Waals surface area contributed by atoms with Gasteiger partial charge < -0.3 is 15.4 Å². The molecule has 7 nitrogen and oxygen atoms in total. The first kappa shape index (κ1) is 21.4. The predicted molar refractivity (Wildman–Crippen MR) is 116 cm³/mol. The van der Waals surface area contributed by atoms with Crippen molar-refractivity contribution in [2.24, 2.45) is 0 Å². The Morgan fingerprint density at radius 2 is 1.97 bits per heavy atom. The minimum atomic E-state index is -0.402. The second kappa shape index (κ2) is 9.98. The summed E-state index contributed by atoms with van der Waals surface area (Å²) in [4.78, 5) is 24.6. The lowest BCUT2D eigenvalue weighted by Gasteiger charge is -2.31. The summed E-state index contributed by atoms with van der Waals surface area (Å²) in [6.45, 7) is 1.90. The molecule has 1 saturated heterocycles. The van der Waals surface area contributed by atoms with Gasteiger partial charge in [0.1, 0.15) is 17.3 Å². The minimum absolute atomic E-state index is 0.122. The van der Waals surface area contributed by atoms with Crippen molar-refractivity contribution in [2.75, 3.05) is 18.2 Å². The fourth-order valence-electron chi connectivity index (χ4n) is 2.81. The molecule has 0 aromatic heterocycles. The number of ether oxygens (including phenoxy) is 1. The van der Waals surface area contributed by atoms with Gasteiger partial charge in [-0.15, -0.1) is 11.8 Å². The van der Waals surface area contributed by atoms with E-state index in [1.165, 1.54) is 11.8 Å². The van der Waals surface area contributed by atoms with Crippen molar-refractivity contribution in [1.29, 1.82) is 0 Å². The van der Waals surface area contributed by atoms with E-state index in [1.807, 2.05) is 37.3 Å². The van der Waals surface area contributed by atoms with E-state index < -0.39 is 11.5 Å². The van der Waals surface area contributed by atoms with Crippen molar-refractivity contribution in [1.82, 2.24) is 16.2 Å². The Morgan fingerprint density at radius 1 is 1.21 bits per heavy atom. The third-order valence-corrected chi connectivity index (χ3v) is 5.67. The van der Waals surface area contributed by atoms with Crippen LogP contribution in [0.4, 0.5) is 5.69 Å². The first-order valence-corrected chi connectivity index (χ1v) is 10.5. The molecule has 0 spiro atoms. The number of hydrazine groups is 1. The van der Waals surface area contributed by atoms with Gasteiger partial charge in [0.05, 0.1) is 12.9 Å². The normalized spacial score (nSPS) is 18.8. The highest BCUT2D eigenvalue weighted by atomic mass is 35.5. The average molecular weight is 435 g/mol. The summed E-state index contributed by atoms with van der Waals surface area (Å²) in [6.07, 6.45) is 0.536. The molecule has 9 heteroatoms. The highest BCUT2D eigenvalue weighted by Crippen LogP contribution is 2.21. The van der Waals surface area contributed by atoms with E-state index in [2.05, 4.69) is 21.5 Å². The number of hydrogen-bond acceptors (Lipinski definition) is 6. The molecule has 2 atom stereocenters. The number of methoxy groups -OCH3 is 1. The Kier molecular flexibility index (Phi) is 7.38. The van der Waals surface area contributed by atoms with E-state index in [0.717, 1.165) is 16.9 Å². The van der Waals surface area contributed by atoms with Crippen LogP contribution in [0.25, 0.3) is 0 Å². The molecule has 2 aromatic carbocycles. The number of benzene rings is 2. The SMILES string of the molecule is COc1ccc(CC2NNC(SCC(=O)Nc3cc(Cl)ccc3C)NC2=O)cc1. The van der Waals surface area contributed by atoms with Crippen molar-refractivity contribution in [3.63, 3.8) is 0 Å². The quantitative estimate of drug-likeness (QED) is 0.535. The third-order valence-electron chi connectivity index (χ3n) is 4.43. The van der Waals surface area contributed by atoms with Gasteiger partial charge in [-0.25, -0.2) is 10.9 Å². The predicted octanol–water partition coefficient (Wildman–Crippen LogP) is 2.45. The number of aryl methyl sites for hydroxylation is 1. The highest BCUT2D eigenvalue weighted by Gasteiger charge is 2.27. The summed E-state index contributed by atoms with van der Waals surface area (Å²) in [5.74, 6) is 0.657. The van der Waals surface area contributed by atoms with Gasteiger partial charge >= 0.3 is 0 Å². The molecule has 3 rings (SSSR count). The Morgan fingerprint density at radius 3 is 2.66 bits per heavy atom. The van der Waals surface area contributed by atoms with Crippen molar-refractivity contribution in [3.8, 4) is 5.75 Å². The summed E-state index contributed by atoms with van der Waals surface area (Å²) in [5, 5.41) is 6.27. The first-order chi connectivity index (χ1) is 13.9. The van der Waals surface area contributed by atoms with Gasteiger partial charge in [-0.05, 0) is 48.7 Å². The average Bonchev–Trinajstić information content (AvgIpc) is 2.71. The van der Waals surface area contributed by atoms with Crippen molar-refractivity contribution < 1.29 is 14.3 Å². The number of amides is 2. The minimum Gasteiger partial charge on any atom is -0.497 e. The maximum absolute atomic E-state index is 12.4. The Hall–Kier alpha value is -2.26. The molecule has 4 N–H and O–H groups in total. The van der Waals surface area contributed by atoms with Gasteiger partial charge in [-0.1, -0.05) is 29.8 Å². The molecule has 2 aromatic rings. The molecule has 0 radical (unpaired) electrons. The maximum atomic E-state index is 12.4. The molecule has 1 aliphatic heterocycles. The first-order valence-electron chi connectivity index (χ1n) is 9.06. The maximum Gasteiger partial charge on any atom is 0.240 e. The molecular weight excluding hydrogens is 412 g/mol. The number of hydrogen-bond donors (Lipinski definition) is 4. The van der Waals surface area contributed by atoms with E-state index in [4.69, 9.17) is 16.3 Å². The zero-order chi connectivity index (χ0) is 20.8. The van der Waals surface area contributed by atoms with Crippen LogP contribution in [0.15, 0.2) is 42.5 Å². The monoisotopic (exact) mass is 434 g/mol. The van der Waals surface area contributed by atoms with Crippen molar-refractivity contribution in [2.45, 2.75) is 24.9 Å². The Labute approximate surface area is 178 Å². The summed E-state index contributed by atoms with van der Waals surface area (Å²) >= 11 is 7.26. The van der Waals surface area contributed by atoms with Gasteiger partial charge in [-0.3, -0.25) is 9.59 Å². The largest absolute Gasteiger partial charge is 0.497 e. The van der Waals surface area contributed by atoms with E-state index in [-0.39, 0.29) is 17.6 Å². The lowest BCUT2D eigenvalue weighted by molar-refractivity contribution is -0.125. The lowest BCUT2D eigenvalue weighted by atomic mass is 10.1. The second-order valence-corrected chi connectivity index (χ2v) is 8.13. The lowest BCUT2D eigenvalue weighted by Crippen LogP contribution is -2.64. The molecule has 29 heavy (non-hydrogen) atoms. The number of anilines is 1. The topological polar surface area (TPSA) is 91.5 Å². The van der Waals surface area contributed by atoms with Crippen LogP contribution in [0.1, 0.15) is 11.1 Å². The number of thioether (sulfide) groups is 1. The fourth-order valence-corrected chi connectivity index (χ4v) is 3.72. The molecule has 154 valence electrons. The number of carbonyl (C=O) groups excluding carboxylic acids is 2. The van der Waals surface area contributed by atoms with Gasteiger partial charge in [0, 0.05) is 10.7 Å². The molecule has 1 heterocycles. The molecular formula is C20H23ClN4O3S. The zero-order valence-corrected chi connectivity index (χ0v) is 17.7. The molecule has 1 fully saturated rings. The van der Waals surface area contributed by atoms with E-state index in [0.29, 0.717) is 17.1 Å². The van der Waals surface area contributed by atoms with Crippen molar-refractivity contribution in [3.05, 3.63) is 58.6 Å². The summed E-state index contributed by atoms with van der Waals surface area (Å²) in [6, 6.07) is 12.5. The summed E-state index contributed by atoms with van der Waals surface area (Å²) in [7, 11) is 1.61. The van der Waals surface area contributed by atoms with Gasteiger partial charge in [-0.2, -0.15) is 0 Å². The summed E-state index contributed by atoms with van der Waals surface area (Å²) < 4.78 is 5.14. The standard InChI is InChI=1S/C20H23ClN4O3S/c1-12-3-6-14(21)10-16(12)22-18(26)11-29-20-23-19(27)17(24-25-20)9-13-4-7-15(28-2)8-5-13/h3-8,10,17,20,24-25H,9,11H2,1-2H3,(H,22,26)(H,23,27). The van der Waals surface area contributed by atoms with E-state index in [1.54, 1.807) is 19.2 Å². The van der Waals surface area contributed by atoms with Gasteiger partial charge in [0.25, 0.3) is 0 Å². The molecule has 0 aliphatic carbocycles. The van der Waals surface area contributed by atoms with Crippen LogP contribution in [0.3, 0.4) is 0 Å². The molecule has 0 saturated carbocycles. The Bertz CT molecular complexity index is 879. The highest BCUT2D eigenvalue weighted by molar-refractivity contribution is 8.00. The van der Waals surface area contributed by atoms with Gasteiger partial charge in [0.15, 0.2) is 0 Å². The second-order valence-electron chi connectivity index (χ2n) is 6.60. The molecule has 0 bridgehead atoms. The van der Waals surface area contributed by atoms with Crippen LogP contribution < -0.4 is 26.2 Å². The molecule has 1 aliphatic rings. The van der Waals surface area contributed by atoms with Crippen LogP contribution in [0.5, 0.6) is 5.75 Å². The van der Waals surface area contributed by atoms with Crippen LogP contribution >= 0.6 is 23.4 Å². The molecule has 2 amide bonds. The van der Waals surface area contributed by atoms with Gasteiger partial charge in [0.2, 0.25) is 11.8 Å². The van der Waals surface area contributed by atoms with E-state index in [9.17, 15) is 9.59 Å². The third kappa shape index (κ3) is 6.11. The smallest absolute Gasteiger partial charge is 0.240 e. The number of rotatable bonds is 7. The Balaban J connectivity index is 1.45. The molecule has 2 unspecified atom stereocenters. The number of halogens is 1. The number of nitrogens with one attached hydrogen (secondary N) is 4. The van der Waals surface area contributed by atoms with Crippen LogP contribution in [-0.2, 0) is 16.0 Å². The van der Waals surface area contributed by atoms with E-state index >= 15 is 0 Å². The van der Waals surface area contributed by atoms with Crippen LogP contribution in [0, 0.1) is 6.92 Å². The van der Waals surface area contributed by atoms with Crippen LogP contribution in [-0.4, -0.2) is 36.2 Å².